The highest BCUT2D eigenvalue weighted by atomic mass is 35.5. The van der Waals surface area contributed by atoms with Crippen molar-refractivity contribution in [2.24, 2.45) is 0 Å². The van der Waals surface area contributed by atoms with Crippen LogP contribution in [0.1, 0.15) is 22.0 Å². The number of fused-ring (bicyclic) bond motifs is 1. The Labute approximate surface area is 189 Å². The minimum absolute atomic E-state index is 0. The summed E-state index contributed by atoms with van der Waals surface area (Å²) in [4.78, 5) is 17.8. The van der Waals surface area contributed by atoms with E-state index in [2.05, 4.69) is 34.3 Å². The maximum Gasteiger partial charge on any atom is 0.251 e. The Morgan fingerprint density at radius 1 is 0.967 bits per heavy atom. The Balaban J connectivity index is 0.00000256. The van der Waals surface area contributed by atoms with Gasteiger partial charge in [0.05, 0.1) is 6.04 Å². The zero-order valence-corrected chi connectivity index (χ0v) is 18.6. The third-order valence-corrected chi connectivity index (χ3v) is 5.98. The van der Waals surface area contributed by atoms with Crippen molar-refractivity contribution in [1.82, 2.24) is 15.1 Å². The van der Waals surface area contributed by atoms with Gasteiger partial charge in [-0.15, -0.1) is 12.4 Å². The molecular weight excluding hydrogens is 417 g/mol. The van der Waals surface area contributed by atoms with Crippen molar-refractivity contribution in [3.05, 3.63) is 82.9 Å². The van der Waals surface area contributed by atoms with Crippen molar-refractivity contribution in [3.63, 3.8) is 0 Å². The van der Waals surface area contributed by atoms with Crippen molar-refractivity contribution in [2.75, 3.05) is 39.8 Å². The number of carbonyl (C=O) groups is 1. The predicted octanol–water partition coefficient (Wildman–Crippen LogP) is 4.63. The fraction of sp³-hybridized carbons (Fsp3) is 0.292. The van der Waals surface area contributed by atoms with Crippen molar-refractivity contribution < 1.29 is 4.79 Å². The number of hydrogen-bond donors (Lipinski definition) is 1. The van der Waals surface area contributed by atoms with Crippen molar-refractivity contribution in [2.45, 2.75) is 6.04 Å². The lowest BCUT2D eigenvalue weighted by atomic mass is 10.0. The molecule has 1 atom stereocenters. The summed E-state index contributed by atoms with van der Waals surface area (Å²) in [6.45, 7) is 4.58. The number of rotatable bonds is 5. The summed E-state index contributed by atoms with van der Waals surface area (Å²) in [5.74, 6) is -0.0325. The molecule has 1 N–H and O–H groups in total. The molecule has 3 aromatic rings. The first-order valence-corrected chi connectivity index (χ1v) is 10.4. The van der Waals surface area contributed by atoms with E-state index in [4.69, 9.17) is 11.6 Å². The van der Waals surface area contributed by atoms with Crippen LogP contribution in [0.5, 0.6) is 0 Å². The maximum absolute atomic E-state index is 13.0. The minimum Gasteiger partial charge on any atom is -0.350 e. The Kier molecular flexibility index (Phi) is 7.73. The molecular formula is C24H27Cl2N3O. The third kappa shape index (κ3) is 5.13. The second-order valence-electron chi connectivity index (χ2n) is 7.64. The first kappa shape index (κ1) is 22.6. The Bertz CT molecular complexity index is 980. The van der Waals surface area contributed by atoms with Crippen LogP contribution in [0.2, 0.25) is 5.02 Å². The number of halogens is 2. The van der Waals surface area contributed by atoms with Crippen LogP contribution in [0.25, 0.3) is 10.8 Å². The first-order valence-electron chi connectivity index (χ1n) is 10.1. The molecule has 0 spiro atoms. The quantitative estimate of drug-likeness (QED) is 0.623. The summed E-state index contributed by atoms with van der Waals surface area (Å²) >= 11 is 6.09. The van der Waals surface area contributed by atoms with Crippen molar-refractivity contribution in [3.8, 4) is 0 Å². The SMILES string of the molecule is CN1CCN(C(CNC(=O)c2cccc3ccccc23)c2ccc(Cl)cc2)CC1.Cl. The molecule has 1 unspecified atom stereocenters. The smallest absolute Gasteiger partial charge is 0.251 e. The minimum atomic E-state index is -0.0325. The molecule has 1 heterocycles. The van der Waals surface area contributed by atoms with Gasteiger partial charge in [-0.25, -0.2) is 0 Å². The van der Waals surface area contributed by atoms with E-state index in [0.717, 1.165) is 47.5 Å². The molecule has 1 aliphatic rings. The van der Waals surface area contributed by atoms with Crippen molar-refractivity contribution >= 4 is 40.7 Å². The van der Waals surface area contributed by atoms with Crippen molar-refractivity contribution in [1.29, 1.82) is 0 Å². The number of nitrogens with zero attached hydrogens (tertiary/aromatic N) is 2. The molecule has 6 heteroatoms. The molecule has 4 rings (SSSR count). The molecule has 0 saturated carbocycles. The summed E-state index contributed by atoms with van der Waals surface area (Å²) in [6.07, 6.45) is 0. The lowest BCUT2D eigenvalue weighted by molar-refractivity contribution is 0.0887. The number of carbonyl (C=O) groups excluding carboxylic acids is 1. The topological polar surface area (TPSA) is 35.6 Å². The first-order chi connectivity index (χ1) is 14.1. The monoisotopic (exact) mass is 443 g/mol. The number of piperazine rings is 1. The summed E-state index contributed by atoms with van der Waals surface area (Å²) in [7, 11) is 2.15. The van der Waals surface area contributed by atoms with E-state index in [-0.39, 0.29) is 24.4 Å². The molecule has 0 aromatic heterocycles. The molecule has 1 saturated heterocycles. The second kappa shape index (κ2) is 10.3. The Morgan fingerprint density at radius 2 is 1.63 bits per heavy atom. The van der Waals surface area contributed by atoms with Gasteiger partial charge in [0.15, 0.2) is 0 Å². The van der Waals surface area contributed by atoms with Gasteiger partial charge < -0.3 is 10.2 Å². The predicted molar refractivity (Wildman–Crippen MR) is 127 cm³/mol. The van der Waals surface area contributed by atoms with Gasteiger partial charge in [-0.3, -0.25) is 9.69 Å². The summed E-state index contributed by atoms with van der Waals surface area (Å²) in [5.41, 5.74) is 1.90. The second-order valence-corrected chi connectivity index (χ2v) is 8.08. The van der Waals surface area contributed by atoms with Gasteiger partial charge in [-0.1, -0.05) is 60.1 Å². The number of amides is 1. The highest BCUT2D eigenvalue weighted by Gasteiger charge is 2.24. The number of benzene rings is 3. The molecule has 1 amide bonds. The molecule has 4 nitrogen and oxygen atoms in total. The molecule has 1 aliphatic heterocycles. The molecule has 0 radical (unpaired) electrons. The molecule has 30 heavy (non-hydrogen) atoms. The molecule has 0 aliphatic carbocycles. The highest BCUT2D eigenvalue weighted by molar-refractivity contribution is 6.30. The van der Waals surface area contributed by atoms with Gasteiger partial charge in [-0.05, 0) is 41.6 Å². The van der Waals surface area contributed by atoms with Crippen LogP contribution in [-0.4, -0.2) is 55.5 Å². The van der Waals surface area contributed by atoms with Crippen LogP contribution in [0.15, 0.2) is 66.7 Å². The largest absolute Gasteiger partial charge is 0.350 e. The van der Waals surface area contributed by atoms with Crippen LogP contribution in [0, 0.1) is 0 Å². The number of likely N-dealkylation sites (N-methyl/N-ethyl adjacent to an activating group) is 1. The Hall–Kier alpha value is -2.11. The fourth-order valence-electron chi connectivity index (χ4n) is 3.98. The summed E-state index contributed by atoms with van der Waals surface area (Å²) in [6, 6.07) is 22.0. The van der Waals surface area contributed by atoms with E-state index in [0.29, 0.717) is 6.54 Å². The van der Waals surface area contributed by atoms with Crippen LogP contribution < -0.4 is 5.32 Å². The average Bonchev–Trinajstić information content (AvgIpc) is 2.75. The Morgan fingerprint density at radius 3 is 2.37 bits per heavy atom. The van der Waals surface area contributed by atoms with E-state index >= 15 is 0 Å². The van der Waals surface area contributed by atoms with E-state index in [1.807, 2.05) is 54.6 Å². The van der Waals surface area contributed by atoms with Gasteiger partial charge in [-0.2, -0.15) is 0 Å². The standard InChI is InChI=1S/C24H26ClN3O.ClH/c1-27-13-15-28(16-14-27)23(19-9-11-20(25)12-10-19)17-26-24(29)22-8-4-6-18-5-2-3-7-21(18)22;/h2-12,23H,13-17H2,1H3,(H,26,29);1H. The van der Waals surface area contributed by atoms with Crippen LogP contribution in [0.3, 0.4) is 0 Å². The molecule has 0 bridgehead atoms. The van der Waals surface area contributed by atoms with E-state index in [1.165, 1.54) is 5.56 Å². The van der Waals surface area contributed by atoms with Crippen LogP contribution in [-0.2, 0) is 0 Å². The van der Waals surface area contributed by atoms with E-state index < -0.39 is 0 Å². The third-order valence-electron chi connectivity index (χ3n) is 5.72. The van der Waals surface area contributed by atoms with E-state index in [1.54, 1.807) is 0 Å². The summed E-state index contributed by atoms with van der Waals surface area (Å²) in [5, 5.41) is 5.97. The van der Waals surface area contributed by atoms with Crippen LogP contribution in [0.4, 0.5) is 0 Å². The van der Waals surface area contributed by atoms with Gasteiger partial charge in [0, 0.05) is 43.3 Å². The van der Waals surface area contributed by atoms with Gasteiger partial charge >= 0.3 is 0 Å². The maximum atomic E-state index is 13.0. The van der Waals surface area contributed by atoms with E-state index in [9.17, 15) is 4.79 Å². The number of nitrogens with one attached hydrogen (secondary N) is 1. The molecule has 1 fully saturated rings. The zero-order valence-electron chi connectivity index (χ0n) is 17.1. The summed E-state index contributed by atoms with van der Waals surface area (Å²) < 4.78 is 0. The lowest BCUT2D eigenvalue weighted by Crippen LogP contribution is -2.48. The van der Waals surface area contributed by atoms with Crippen LogP contribution >= 0.6 is 24.0 Å². The highest BCUT2D eigenvalue weighted by Crippen LogP contribution is 2.24. The van der Waals surface area contributed by atoms with Gasteiger partial charge in [0.2, 0.25) is 0 Å². The van der Waals surface area contributed by atoms with Gasteiger partial charge in [0.25, 0.3) is 5.91 Å². The normalized spacial score (nSPS) is 16.1. The molecule has 3 aromatic carbocycles. The number of hydrogen-bond acceptors (Lipinski definition) is 3. The molecule has 158 valence electrons. The zero-order chi connectivity index (χ0) is 20.2. The lowest BCUT2D eigenvalue weighted by Gasteiger charge is -2.38. The average molecular weight is 444 g/mol. The van der Waals surface area contributed by atoms with Gasteiger partial charge in [0.1, 0.15) is 0 Å². The fourth-order valence-corrected chi connectivity index (χ4v) is 4.11.